The second-order valence-electron chi connectivity index (χ2n) is 6.22. The van der Waals surface area contributed by atoms with Crippen LogP contribution >= 0.6 is 12.4 Å². The number of carbonyl (C=O) groups is 3. The Kier molecular flexibility index (Phi) is 7.58. The third-order valence-electron chi connectivity index (χ3n) is 4.83. The van der Waals surface area contributed by atoms with E-state index in [1.54, 1.807) is 24.3 Å². The summed E-state index contributed by atoms with van der Waals surface area (Å²) < 4.78 is 0. The molecule has 1 aromatic rings. The Morgan fingerprint density at radius 2 is 1.64 bits per heavy atom. The minimum atomic E-state index is -0.385. The van der Waals surface area contributed by atoms with Crippen molar-refractivity contribution < 1.29 is 14.4 Å². The molecule has 7 heteroatoms. The first kappa shape index (κ1) is 21.1. The number of nitrogens with one attached hydrogen (secondary N) is 1. The Morgan fingerprint density at radius 1 is 1.12 bits per heavy atom. The van der Waals surface area contributed by atoms with Crippen LogP contribution in [0.4, 0.5) is 0 Å². The molecule has 2 rings (SSSR count). The van der Waals surface area contributed by atoms with Crippen molar-refractivity contribution in [2.45, 2.75) is 51.6 Å². The summed E-state index contributed by atoms with van der Waals surface area (Å²) in [7, 11) is 0. The number of hydrogen-bond acceptors (Lipinski definition) is 4. The maximum absolute atomic E-state index is 12.4. The smallest absolute Gasteiger partial charge is 0.251 e. The number of nitrogens with zero attached hydrogens (tertiary/aromatic N) is 1. The average Bonchev–Trinajstić information content (AvgIpc) is 2.92. The van der Waals surface area contributed by atoms with E-state index >= 15 is 0 Å². The summed E-state index contributed by atoms with van der Waals surface area (Å²) in [6.45, 7) is 4.66. The van der Waals surface area contributed by atoms with Gasteiger partial charge in [-0.05, 0) is 30.5 Å². The van der Waals surface area contributed by atoms with E-state index < -0.39 is 0 Å². The molecule has 1 heterocycles. The molecule has 0 saturated carbocycles. The monoisotopic (exact) mass is 367 g/mol. The van der Waals surface area contributed by atoms with Crippen LogP contribution in [0.2, 0.25) is 0 Å². The molecule has 0 unspecified atom stereocenters. The molecule has 0 spiro atoms. The number of likely N-dealkylation sites (tertiary alicyclic amines) is 1. The van der Waals surface area contributed by atoms with E-state index in [4.69, 9.17) is 5.73 Å². The predicted octanol–water partition coefficient (Wildman–Crippen LogP) is 2.00. The summed E-state index contributed by atoms with van der Waals surface area (Å²) in [5, 5.41) is 3.02. The SMILES string of the molecule is CCC(CC)(CN)NC(=O)c1ccc(CN2C(=O)CCC2=O)cc1.Cl. The summed E-state index contributed by atoms with van der Waals surface area (Å²) in [6, 6.07) is 6.97. The number of hydrogen-bond donors (Lipinski definition) is 2. The molecule has 0 aromatic heterocycles. The molecule has 3 N–H and O–H groups in total. The molecule has 1 aromatic carbocycles. The lowest BCUT2D eigenvalue weighted by molar-refractivity contribution is -0.139. The van der Waals surface area contributed by atoms with Crippen molar-refractivity contribution in [3.63, 3.8) is 0 Å². The fraction of sp³-hybridized carbons (Fsp3) is 0.500. The summed E-state index contributed by atoms with van der Waals surface area (Å²) in [5.41, 5.74) is 6.79. The van der Waals surface area contributed by atoms with Crippen LogP contribution in [0.15, 0.2) is 24.3 Å². The Balaban J connectivity index is 0.00000312. The first-order chi connectivity index (χ1) is 11.4. The molecular weight excluding hydrogens is 342 g/mol. The third kappa shape index (κ3) is 4.80. The van der Waals surface area contributed by atoms with Gasteiger partial charge in [-0.15, -0.1) is 12.4 Å². The predicted molar refractivity (Wildman–Crippen MR) is 98.3 cm³/mol. The van der Waals surface area contributed by atoms with Crippen molar-refractivity contribution in [3.8, 4) is 0 Å². The molecule has 0 aliphatic carbocycles. The average molecular weight is 368 g/mol. The molecule has 138 valence electrons. The van der Waals surface area contributed by atoms with E-state index in [1.807, 2.05) is 13.8 Å². The van der Waals surface area contributed by atoms with E-state index in [-0.39, 0.29) is 55.1 Å². The van der Waals surface area contributed by atoms with Gasteiger partial charge in [0.25, 0.3) is 5.91 Å². The van der Waals surface area contributed by atoms with Gasteiger partial charge < -0.3 is 11.1 Å². The maximum atomic E-state index is 12.4. The summed E-state index contributed by atoms with van der Waals surface area (Å²) in [6.07, 6.45) is 2.11. The van der Waals surface area contributed by atoms with Crippen molar-refractivity contribution in [2.75, 3.05) is 6.54 Å². The summed E-state index contributed by atoms with van der Waals surface area (Å²) in [4.78, 5) is 37.0. The molecule has 0 radical (unpaired) electrons. The van der Waals surface area contributed by atoms with Gasteiger partial charge in [0.15, 0.2) is 0 Å². The molecule has 1 aliphatic heterocycles. The van der Waals surface area contributed by atoms with Crippen LogP contribution in [0.5, 0.6) is 0 Å². The molecule has 25 heavy (non-hydrogen) atoms. The van der Waals surface area contributed by atoms with E-state index in [9.17, 15) is 14.4 Å². The fourth-order valence-corrected chi connectivity index (χ4v) is 2.82. The molecule has 3 amide bonds. The van der Waals surface area contributed by atoms with Crippen molar-refractivity contribution in [2.24, 2.45) is 5.73 Å². The number of benzene rings is 1. The standard InChI is InChI=1S/C18H25N3O3.ClH/c1-3-18(4-2,12-19)20-17(24)14-7-5-13(6-8-14)11-21-15(22)9-10-16(21)23;/h5-8H,3-4,9-12,19H2,1-2H3,(H,20,24);1H. The maximum Gasteiger partial charge on any atom is 0.251 e. The highest BCUT2D eigenvalue weighted by molar-refractivity contribution is 6.01. The Labute approximate surface area is 154 Å². The Bertz CT molecular complexity index is 603. The zero-order chi connectivity index (χ0) is 17.7. The normalized spacial score (nSPS) is 14.4. The van der Waals surface area contributed by atoms with E-state index in [2.05, 4.69) is 5.32 Å². The molecule has 0 atom stereocenters. The highest BCUT2D eigenvalue weighted by atomic mass is 35.5. The largest absolute Gasteiger partial charge is 0.345 e. The molecular formula is C18H26ClN3O3. The van der Waals surface area contributed by atoms with Crippen molar-refractivity contribution in [1.29, 1.82) is 0 Å². The molecule has 1 fully saturated rings. The third-order valence-corrected chi connectivity index (χ3v) is 4.83. The van der Waals surface area contributed by atoms with Crippen LogP contribution in [-0.4, -0.2) is 34.7 Å². The first-order valence-electron chi connectivity index (χ1n) is 8.39. The number of imide groups is 1. The molecule has 1 saturated heterocycles. The number of rotatable bonds is 7. The topological polar surface area (TPSA) is 92.5 Å². The second-order valence-corrected chi connectivity index (χ2v) is 6.22. The highest BCUT2D eigenvalue weighted by Gasteiger charge is 2.29. The number of halogens is 1. The van der Waals surface area contributed by atoms with Gasteiger partial charge in [0, 0.05) is 24.9 Å². The zero-order valence-corrected chi connectivity index (χ0v) is 15.5. The Hall–Kier alpha value is -1.92. The van der Waals surface area contributed by atoms with Gasteiger partial charge in [0.05, 0.1) is 12.1 Å². The van der Waals surface area contributed by atoms with Gasteiger partial charge in [0.1, 0.15) is 0 Å². The van der Waals surface area contributed by atoms with Crippen LogP contribution in [0.3, 0.4) is 0 Å². The quantitative estimate of drug-likeness (QED) is 0.721. The van der Waals surface area contributed by atoms with Crippen molar-refractivity contribution in [3.05, 3.63) is 35.4 Å². The lowest BCUT2D eigenvalue weighted by atomic mass is 9.92. The van der Waals surface area contributed by atoms with Gasteiger partial charge >= 0.3 is 0 Å². The summed E-state index contributed by atoms with van der Waals surface area (Å²) in [5.74, 6) is -0.440. The Morgan fingerprint density at radius 3 is 2.08 bits per heavy atom. The number of amides is 3. The fourth-order valence-electron chi connectivity index (χ4n) is 2.82. The van der Waals surface area contributed by atoms with Crippen molar-refractivity contribution >= 4 is 30.1 Å². The second kappa shape index (κ2) is 8.97. The molecule has 1 aliphatic rings. The van der Waals surface area contributed by atoms with Crippen LogP contribution in [-0.2, 0) is 16.1 Å². The minimum absolute atomic E-state index is 0. The van der Waals surface area contributed by atoms with Crippen LogP contribution in [0, 0.1) is 0 Å². The van der Waals surface area contributed by atoms with Gasteiger partial charge in [-0.2, -0.15) is 0 Å². The van der Waals surface area contributed by atoms with Gasteiger partial charge in [0.2, 0.25) is 11.8 Å². The van der Waals surface area contributed by atoms with Gasteiger partial charge in [-0.3, -0.25) is 19.3 Å². The van der Waals surface area contributed by atoms with Gasteiger partial charge in [-0.25, -0.2) is 0 Å². The lowest BCUT2D eigenvalue weighted by Gasteiger charge is -2.31. The minimum Gasteiger partial charge on any atom is -0.345 e. The lowest BCUT2D eigenvalue weighted by Crippen LogP contribution is -2.52. The van der Waals surface area contributed by atoms with Crippen molar-refractivity contribution in [1.82, 2.24) is 10.2 Å². The zero-order valence-electron chi connectivity index (χ0n) is 14.7. The van der Waals surface area contributed by atoms with Gasteiger partial charge in [-0.1, -0.05) is 26.0 Å². The van der Waals surface area contributed by atoms with Crippen LogP contribution < -0.4 is 11.1 Å². The highest BCUT2D eigenvalue weighted by Crippen LogP contribution is 2.17. The first-order valence-corrected chi connectivity index (χ1v) is 8.39. The van der Waals surface area contributed by atoms with Crippen LogP contribution in [0.1, 0.15) is 55.5 Å². The molecule has 0 bridgehead atoms. The number of nitrogens with two attached hydrogens (primary N) is 1. The van der Waals surface area contributed by atoms with Crippen LogP contribution in [0.25, 0.3) is 0 Å². The van der Waals surface area contributed by atoms with E-state index in [1.165, 1.54) is 4.90 Å². The summed E-state index contributed by atoms with van der Waals surface area (Å²) >= 11 is 0. The number of carbonyl (C=O) groups excluding carboxylic acids is 3. The van der Waals surface area contributed by atoms with E-state index in [0.29, 0.717) is 12.1 Å². The molecule has 6 nitrogen and oxygen atoms in total. The van der Waals surface area contributed by atoms with E-state index in [0.717, 1.165) is 18.4 Å².